The van der Waals surface area contributed by atoms with Gasteiger partial charge in [-0.3, -0.25) is 19.3 Å². The minimum Gasteiger partial charge on any atom is -0.376 e. The zero-order chi connectivity index (χ0) is 22.1. The van der Waals surface area contributed by atoms with Crippen LogP contribution >= 0.6 is 11.6 Å². The van der Waals surface area contributed by atoms with Crippen molar-refractivity contribution < 1.29 is 14.4 Å². The summed E-state index contributed by atoms with van der Waals surface area (Å²) >= 11 is 6.08. The largest absolute Gasteiger partial charge is 0.376 e. The molecule has 0 spiro atoms. The fourth-order valence-electron chi connectivity index (χ4n) is 3.52. The zero-order valence-electron chi connectivity index (χ0n) is 17.1. The normalized spacial score (nSPS) is 12.7. The third kappa shape index (κ3) is 4.02. The summed E-state index contributed by atoms with van der Waals surface area (Å²) in [4.78, 5) is 40.9. The first-order chi connectivity index (χ1) is 14.8. The Morgan fingerprint density at radius 2 is 1.55 bits per heavy atom. The molecule has 3 amide bonds. The lowest BCUT2D eigenvalue weighted by atomic mass is 10.1. The first-order valence-electron chi connectivity index (χ1n) is 9.67. The molecule has 6 nitrogen and oxygen atoms in total. The van der Waals surface area contributed by atoms with E-state index in [9.17, 15) is 14.4 Å². The highest BCUT2D eigenvalue weighted by Gasteiger charge is 2.34. The van der Waals surface area contributed by atoms with Gasteiger partial charge in [0.2, 0.25) is 0 Å². The molecular formula is C24H20ClN3O3. The molecule has 0 aliphatic carbocycles. The molecule has 31 heavy (non-hydrogen) atoms. The molecule has 0 atom stereocenters. The van der Waals surface area contributed by atoms with Gasteiger partial charge in [0.15, 0.2) is 0 Å². The SMILES string of the molecule is CN(C)c1ccc(Cl)cc1NC(=O)c1ccc(CN2C(=O)c3ccccc3C2=O)cc1. The first-order valence-corrected chi connectivity index (χ1v) is 10.1. The Morgan fingerprint density at radius 1 is 0.935 bits per heavy atom. The van der Waals surface area contributed by atoms with Crippen molar-refractivity contribution in [2.75, 3.05) is 24.3 Å². The summed E-state index contributed by atoms with van der Waals surface area (Å²) in [6.45, 7) is 0.146. The molecule has 1 aliphatic heterocycles. The van der Waals surface area contributed by atoms with Gasteiger partial charge in [-0.2, -0.15) is 0 Å². The van der Waals surface area contributed by atoms with E-state index in [1.165, 1.54) is 4.90 Å². The second kappa shape index (κ2) is 8.24. The number of benzene rings is 3. The van der Waals surface area contributed by atoms with Crippen LogP contribution in [-0.2, 0) is 6.54 Å². The molecule has 0 radical (unpaired) electrons. The van der Waals surface area contributed by atoms with Crippen LogP contribution in [0.25, 0.3) is 0 Å². The number of carbonyl (C=O) groups excluding carboxylic acids is 3. The topological polar surface area (TPSA) is 69.7 Å². The maximum atomic E-state index is 12.7. The predicted molar refractivity (Wildman–Crippen MR) is 121 cm³/mol. The summed E-state index contributed by atoms with van der Waals surface area (Å²) in [5.41, 5.74) is 3.49. The Hall–Kier alpha value is -3.64. The van der Waals surface area contributed by atoms with Crippen LogP contribution in [-0.4, -0.2) is 36.7 Å². The summed E-state index contributed by atoms with van der Waals surface area (Å²) in [7, 11) is 3.76. The van der Waals surface area contributed by atoms with Gasteiger partial charge in [0.1, 0.15) is 0 Å². The van der Waals surface area contributed by atoms with E-state index in [4.69, 9.17) is 11.6 Å². The molecule has 4 rings (SSSR count). The Kier molecular flexibility index (Phi) is 5.48. The molecule has 1 aliphatic rings. The van der Waals surface area contributed by atoms with Crippen molar-refractivity contribution in [1.29, 1.82) is 0 Å². The van der Waals surface area contributed by atoms with Crippen LogP contribution in [0.3, 0.4) is 0 Å². The second-order valence-electron chi connectivity index (χ2n) is 7.45. The summed E-state index contributed by atoms with van der Waals surface area (Å²) in [5.74, 6) is -0.892. The second-order valence-corrected chi connectivity index (χ2v) is 7.89. The van der Waals surface area contributed by atoms with E-state index in [1.807, 2.05) is 25.1 Å². The third-order valence-electron chi connectivity index (χ3n) is 5.12. The van der Waals surface area contributed by atoms with Gasteiger partial charge >= 0.3 is 0 Å². The molecule has 3 aromatic rings. The summed E-state index contributed by atoms with van der Waals surface area (Å²) in [6.07, 6.45) is 0. The molecule has 0 fully saturated rings. The molecule has 0 saturated heterocycles. The van der Waals surface area contributed by atoms with Crippen LogP contribution in [0.15, 0.2) is 66.7 Å². The third-order valence-corrected chi connectivity index (χ3v) is 5.36. The summed E-state index contributed by atoms with van der Waals surface area (Å²) < 4.78 is 0. The quantitative estimate of drug-likeness (QED) is 0.603. The number of nitrogens with zero attached hydrogens (tertiary/aromatic N) is 2. The van der Waals surface area contributed by atoms with Crippen molar-refractivity contribution >= 4 is 40.7 Å². The van der Waals surface area contributed by atoms with Gasteiger partial charge < -0.3 is 10.2 Å². The van der Waals surface area contributed by atoms with Crippen LogP contribution in [0, 0.1) is 0 Å². The number of rotatable bonds is 5. The average molecular weight is 434 g/mol. The van der Waals surface area contributed by atoms with Gasteiger partial charge in [-0.1, -0.05) is 35.9 Å². The molecule has 3 aromatic carbocycles. The summed E-state index contributed by atoms with van der Waals surface area (Å²) in [6, 6.07) is 18.9. The van der Waals surface area contributed by atoms with Crippen molar-refractivity contribution in [1.82, 2.24) is 4.90 Å². The predicted octanol–water partition coefficient (Wildman–Crippen LogP) is 4.45. The molecular weight excluding hydrogens is 414 g/mol. The maximum absolute atomic E-state index is 12.7. The van der Waals surface area contributed by atoms with Crippen LogP contribution in [0.4, 0.5) is 11.4 Å². The number of nitrogens with one attached hydrogen (secondary N) is 1. The Bertz CT molecular complexity index is 1150. The van der Waals surface area contributed by atoms with Crippen molar-refractivity contribution in [2.24, 2.45) is 0 Å². The molecule has 0 saturated carbocycles. The number of amides is 3. The molecule has 156 valence electrons. The maximum Gasteiger partial charge on any atom is 0.261 e. The molecule has 1 heterocycles. The van der Waals surface area contributed by atoms with E-state index >= 15 is 0 Å². The van der Waals surface area contributed by atoms with Crippen LogP contribution in [0.5, 0.6) is 0 Å². The van der Waals surface area contributed by atoms with Crippen molar-refractivity contribution in [2.45, 2.75) is 6.54 Å². The first kappa shape index (κ1) is 20.6. The number of halogens is 1. The lowest BCUT2D eigenvalue weighted by molar-refractivity contribution is 0.0642. The van der Waals surface area contributed by atoms with Crippen LogP contribution < -0.4 is 10.2 Å². The molecule has 7 heteroatoms. The van der Waals surface area contributed by atoms with Crippen molar-refractivity contribution in [3.05, 3.63) is 94.0 Å². The fourth-order valence-corrected chi connectivity index (χ4v) is 3.69. The number of carbonyl (C=O) groups is 3. The number of hydrogen-bond acceptors (Lipinski definition) is 4. The fraction of sp³-hybridized carbons (Fsp3) is 0.125. The van der Waals surface area contributed by atoms with Gasteiger partial charge in [0.25, 0.3) is 17.7 Å². The lowest BCUT2D eigenvalue weighted by Gasteiger charge is -2.18. The van der Waals surface area contributed by atoms with Gasteiger partial charge in [-0.05, 0) is 48.0 Å². The molecule has 0 bridgehead atoms. The van der Waals surface area contributed by atoms with E-state index in [0.717, 1.165) is 11.3 Å². The lowest BCUT2D eigenvalue weighted by Crippen LogP contribution is -2.29. The number of fused-ring (bicyclic) bond motifs is 1. The van der Waals surface area contributed by atoms with E-state index in [-0.39, 0.29) is 24.3 Å². The highest BCUT2D eigenvalue weighted by molar-refractivity contribution is 6.31. The molecule has 1 N–H and O–H groups in total. The Labute approximate surface area is 185 Å². The number of hydrogen-bond donors (Lipinski definition) is 1. The number of anilines is 2. The van der Waals surface area contributed by atoms with E-state index in [2.05, 4.69) is 5.32 Å². The van der Waals surface area contributed by atoms with Crippen molar-refractivity contribution in [3.63, 3.8) is 0 Å². The Morgan fingerprint density at radius 3 is 2.13 bits per heavy atom. The monoisotopic (exact) mass is 433 g/mol. The van der Waals surface area contributed by atoms with Crippen molar-refractivity contribution in [3.8, 4) is 0 Å². The summed E-state index contributed by atoms with van der Waals surface area (Å²) in [5, 5.41) is 3.41. The van der Waals surface area contributed by atoms with Gasteiger partial charge in [0, 0.05) is 24.7 Å². The van der Waals surface area contributed by atoms with E-state index in [0.29, 0.717) is 27.4 Å². The minimum atomic E-state index is -0.306. The van der Waals surface area contributed by atoms with E-state index in [1.54, 1.807) is 60.7 Å². The standard InChI is InChI=1S/C24H20ClN3O3/c1-27(2)21-12-11-17(25)13-20(21)26-22(29)16-9-7-15(8-10-16)14-28-23(30)18-5-3-4-6-19(18)24(28)31/h3-13H,14H2,1-2H3,(H,26,29). The van der Waals surface area contributed by atoms with Crippen LogP contribution in [0.1, 0.15) is 36.6 Å². The molecule has 0 unspecified atom stereocenters. The van der Waals surface area contributed by atoms with Gasteiger partial charge in [0.05, 0.1) is 29.0 Å². The molecule has 0 aromatic heterocycles. The smallest absolute Gasteiger partial charge is 0.261 e. The van der Waals surface area contributed by atoms with Crippen LogP contribution in [0.2, 0.25) is 5.02 Å². The Balaban J connectivity index is 1.48. The highest BCUT2D eigenvalue weighted by Crippen LogP contribution is 2.28. The van der Waals surface area contributed by atoms with E-state index < -0.39 is 0 Å². The zero-order valence-corrected chi connectivity index (χ0v) is 17.8. The number of imide groups is 1. The average Bonchev–Trinajstić information content (AvgIpc) is 2.99. The minimum absolute atomic E-state index is 0.146. The van der Waals surface area contributed by atoms with Gasteiger partial charge in [-0.25, -0.2) is 0 Å². The van der Waals surface area contributed by atoms with Gasteiger partial charge in [-0.15, -0.1) is 0 Å². The highest BCUT2D eigenvalue weighted by atomic mass is 35.5.